The van der Waals surface area contributed by atoms with Gasteiger partial charge in [-0.05, 0) is 84.2 Å². The minimum Gasteiger partial charge on any atom is -0.143 e. The maximum atomic E-state index is 2.53. The quantitative estimate of drug-likeness (QED) is 0.116. The lowest BCUT2D eigenvalue weighted by Crippen LogP contribution is -1.86. The van der Waals surface area contributed by atoms with Gasteiger partial charge in [0, 0.05) is 34.1 Å². The number of rotatable bonds is 14. The largest absolute Gasteiger partial charge is 0.143 e. The van der Waals surface area contributed by atoms with E-state index in [0.717, 1.165) is 0 Å². The topological polar surface area (TPSA) is 0 Å². The van der Waals surface area contributed by atoms with Crippen LogP contribution in [0.4, 0.5) is 0 Å². The van der Waals surface area contributed by atoms with Crippen LogP contribution in [-0.4, -0.2) is 0 Å². The highest BCUT2D eigenvalue weighted by Gasteiger charge is 2.18. The summed E-state index contributed by atoms with van der Waals surface area (Å²) in [6, 6.07) is 24.9. The Kier molecular flexibility index (Phi) is 10.1. The van der Waals surface area contributed by atoms with E-state index in [4.69, 9.17) is 0 Å². The minimum absolute atomic E-state index is 1.19. The molecule has 0 unspecified atom stereocenters. The summed E-state index contributed by atoms with van der Waals surface area (Å²) in [7, 11) is 0. The average molecular weight is 575 g/mol. The van der Waals surface area contributed by atoms with Crippen molar-refractivity contribution in [3.63, 3.8) is 0 Å². The first-order valence-electron chi connectivity index (χ1n) is 14.2. The molecule has 198 valence electrons. The first kappa shape index (κ1) is 27.6. The highest BCUT2D eigenvalue weighted by Crippen LogP contribution is 2.46. The van der Waals surface area contributed by atoms with E-state index >= 15 is 0 Å². The molecular weight excluding hydrogens is 537 g/mol. The predicted octanol–water partition coefficient (Wildman–Crippen LogP) is 12.8. The van der Waals surface area contributed by atoms with E-state index in [1.165, 1.54) is 104 Å². The van der Waals surface area contributed by atoms with Crippen LogP contribution in [0.5, 0.6) is 0 Å². The van der Waals surface area contributed by atoms with E-state index in [-0.39, 0.29) is 0 Å². The van der Waals surface area contributed by atoms with E-state index in [0.29, 0.717) is 0 Å². The fourth-order valence-electron chi connectivity index (χ4n) is 4.99. The van der Waals surface area contributed by atoms with Crippen LogP contribution in [0.3, 0.4) is 0 Å². The van der Waals surface area contributed by atoms with Crippen molar-refractivity contribution in [2.75, 3.05) is 0 Å². The Morgan fingerprint density at radius 3 is 1.84 bits per heavy atom. The monoisotopic (exact) mass is 574 g/mol. The maximum Gasteiger partial charge on any atom is 0.0481 e. The fourth-order valence-corrected chi connectivity index (χ4v) is 9.56. The van der Waals surface area contributed by atoms with Gasteiger partial charge in [0.15, 0.2) is 0 Å². The molecule has 5 aromatic rings. The van der Waals surface area contributed by atoms with E-state index in [2.05, 4.69) is 86.0 Å². The Balaban J connectivity index is 1.41. The molecule has 0 aliphatic heterocycles. The molecule has 0 bridgehead atoms. The van der Waals surface area contributed by atoms with Crippen LogP contribution in [0.1, 0.15) is 76.3 Å². The minimum atomic E-state index is 1.19. The zero-order valence-electron chi connectivity index (χ0n) is 22.6. The summed E-state index contributed by atoms with van der Waals surface area (Å²) in [5, 5.41) is 2.30. The lowest BCUT2D eigenvalue weighted by Gasteiger charge is -2.02. The lowest BCUT2D eigenvalue weighted by atomic mass is 10.0. The summed E-state index contributed by atoms with van der Waals surface area (Å²) in [5.41, 5.74) is 4.41. The molecule has 0 spiro atoms. The Hall–Kier alpha value is -1.98. The fraction of sp³-hybridized carbons (Fsp3) is 0.353. The van der Waals surface area contributed by atoms with Crippen molar-refractivity contribution >= 4 is 45.3 Å². The van der Waals surface area contributed by atoms with Gasteiger partial charge < -0.3 is 0 Å². The van der Waals surface area contributed by atoms with Crippen LogP contribution < -0.4 is 0 Å². The lowest BCUT2D eigenvalue weighted by molar-refractivity contribution is 0.667. The summed E-state index contributed by atoms with van der Waals surface area (Å²) >= 11 is 7.83. The molecule has 0 atom stereocenters. The third kappa shape index (κ3) is 6.77. The third-order valence-corrected chi connectivity index (χ3v) is 12.0. The van der Waals surface area contributed by atoms with Gasteiger partial charge in [-0.15, -0.1) is 45.3 Å². The number of unbranched alkanes of at least 4 members (excludes halogenated alkanes) is 6. The number of benzene rings is 1. The smallest absolute Gasteiger partial charge is 0.0481 e. The molecule has 0 fully saturated rings. The van der Waals surface area contributed by atoms with Gasteiger partial charge in [0.05, 0.1) is 0 Å². The molecule has 38 heavy (non-hydrogen) atoms. The Morgan fingerprint density at radius 2 is 1.13 bits per heavy atom. The second-order valence-corrected chi connectivity index (χ2v) is 14.2. The molecule has 5 rings (SSSR count). The first-order valence-corrected chi connectivity index (χ1v) is 17.5. The molecule has 4 heterocycles. The SMILES string of the molecule is CCCCCCc1ccsc1-c1cc(CCCCCC)c(-c2ccc(-c3ccc(-c4ccccc4)s3)s2)s1. The third-order valence-electron chi connectivity index (χ3n) is 7.12. The second kappa shape index (κ2) is 13.9. The van der Waals surface area contributed by atoms with Crippen LogP contribution >= 0.6 is 45.3 Å². The molecule has 1 aromatic carbocycles. The van der Waals surface area contributed by atoms with Gasteiger partial charge in [-0.25, -0.2) is 0 Å². The molecule has 4 heteroatoms. The Bertz CT molecular complexity index is 1400. The van der Waals surface area contributed by atoms with E-state index < -0.39 is 0 Å². The molecule has 0 aliphatic rings. The Labute approximate surface area is 245 Å². The summed E-state index contributed by atoms with van der Waals surface area (Å²) in [6.07, 6.45) is 12.9. The normalized spacial score (nSPS) is 11.4. The van der Waals surface area contributed by atoms with Crippen LogP contribution in [0.15, 0.2) is 72.1 Å². The standard InChI is InChI=1S/C34H38S4/c1-3-5-7-10-16-26-22-23-35-33(26)32-24-27(17-11-8-6-4-2)34(38-32)31-21-20-30(37-31)29-19-18-28(36-29)25-14-12-9-13-15-25/h9,12-15,18-24H,3-8,10-11,16-17H2,1-2H3. The van der Waals surface area contributed by atoms with Crippen molar-refractivity contribution in [1.29, 1.82) is 0 Å². The molecule has 0 aliphatic carbocycles. The van der Waals surface area contributed by atoms with Gasteiger partial charge in [-0.1, -0.05) is 82.7 Å². The van der Waals surface area contributed by atoms with Gasteiger partial charge in [0.2, 0.25) is 0 Å². The van der Waals surface area contributed by atoms with Crippen molar-refractivity contribution in [3.05, 3.63) is 83.2 Å². The summed E-state index contributed by atoms with van der Waals surface area (Å²) < 4.78 is 0. The number of hydrogen-bond acceptors (Lipinski definition) is 4. The van der Waals surface area contributed by atoms with Crippen molar-refractivity contribution in [1.82, 2.24) is 0 Å². The molecule has 0 nitrogen and oxygen atoms in total. The molecule has 0 amide bonds. The average Bonchev–Trinajstić information content (AvgIpc) is 3.75. The van der Waals surface area contributed by atoms with Crippen molar-refractivity contribution < 1.29 is 0 Å². The molecular formula is C34H38S4. The highest BCUT2D eigenvalue weighted by atomic mass is 32.1. The number of thiophene rings is 4. The van der Waals surface area contributed by atoms with Crippen molar-refractivity contribution in [2.24, 2.45) is 0 Å². The second-order valence-electron chi connectivity index (χ2n) is 10.1. The van der Waals surface area contributed by atoms with Crippen LogP contribution in [0.25, 0.3) is 39.7 Å². The first-order chi connectivity index (χ1) is 18.8. The molecule has 0 saturated heterocycles. The molecule has 0 radical (unpaired) electrons. The van der Waals surface area contributed by atoms with Gasteiger partial charge in [0.25, 0.3) is 0 Å². The van der Waals surface area contributed by atoms with Gasteiger partial charge in [0.1, 0.15) is 0 Å². The molecule has 0 N–H and O–H groups in total. The van der Waals surface area contributed by atoms with E-state index in [1.54, 1.807) is 11.1 Å². The van der Waals surface area contributed by atoms with E-state index in [9.17, 15) is 0 Å². The van der Waals surface area contributed by atoms with E-state index in [1.807, 2.05) is 45.3 Å². The van der Waals surface area contributed by atoms with Gasteiger partial charge in [-0.3, -0.25) is 0 Å². The molecule has 4 aromatic heterocycles. The number of hydrogen-bond donors (Lipinski definition) is 0. The summed E-state index contributed by atoms with van der Waals surface area (Å²) in [6.45, 7) is 4.59. The van der Waals surface area contributed by atoms with Crippen LogP contribution in [-0.2, 0) is 12.8 Å². The summed E-state index contributed by atoms with van der Waals surface area (Å²) in [5.74, 6) is 0. The Morgan fingerprint density at radius 1 is 0.500 bits per heavy atom. The highest BCUT2D eigenvalue weighted by molar-refractivity contribution is 7.29. The van der Waals surface area contributed by atoms with Crippen LogP contribution in [0, 0.1) is 0 Å². The number of aryl methyl sites for hydroxylation is 2. The van der Waals surface area contributed by atoms with Crippen molar-refractivity contribution in [3.8, 4) is 39.7 Å². The summed E-state index contributed by atoms with van der Waals surface area (Å²) in [4.78, 5) is 10.0. The molecule has 0 saturated carbocycles. The zero-order chi connectivity index (χ0) is 26.2. The van der Waals surface area contributed by atoms with Crippen LogP contribution in [0.2, 0.25) is 0 Å². The maximum absolute atomic E-state index is 2.53. The van der Waals surface area contributed by atoms with Crippen molar-refractivity contribution in [2.45, 2.75) is 78.1 Å². The zero-order valence-corrected chi connectivity index (χ0v) is 25.9. The van der Waals surface area contributed by atoms with Gasteiger partial charge in [-0.2, -0.15) is 0 Å². The van der Waals surface area contributed by atoms with Gasteiger partial charge >= 0.3 is 0 Å². The predicted molar refractivity (Wildman–Crippen MR) is 175 cm³/mol.